The number of aromatic nitrogens is 3. The molecule has 0 atom stereocenters. The smallest absolute Gasteiger partial charge is 0.259 e. The van der Waals surface area contributed by atoms with Gasteiger partial charge in [-0.3, -0.25) is 9.36 Å². The lowest BCUT2D eigenvalue weighted by molar-refractivity contribution is 0.102. The molecule has 7 nitrogen and oxygen atoms in total. The zero-order chi connectivity index (χ0) is 19.5. The minimum atomic E-state index is -0.307. The molecule has 2 aromatic carbocycles. The van der Waals surface area contributed by atoms with Gasteiger partial charge in [0, 0.05) is 0 Å². The Morgan fingerprint density at radius 1 is 1.00 bits per heavy atom. The zero-order valence-corrected chi connectivity index (χ0v) is 15.4. The zero-order valence-electron chi connectivity index (χ0n) is 15.4. The van der Waals surface area contributed by atoms with Gasteiger partial charge in [0.05, 0.1) is 42.7 Å². The molecule has 0 unspecified atom stereocenters. The summed E-state index contributed by atoms with van der Waals surface area (Å²) in [5.74, 6) is 1.45. The first-order valence-corrected chi connectivity index (χ1v) is 8.61. The molecule has 4 rings (SSSR count). The Morgan fingerprint density at radius 2 is 1.86 bits per heavy atom. The van der Waals surface area contributed by atoms with E-state index in [-0.39, 0.29) is 5.91 Å². The fraction of sp³-hybridized carbons (Fsp3) is 0.0952. The van der Waals surface area contributed by atoms with Crippen LogP contribution in [0.2, 0.25) is 0 Å². The maximum Gasteiger partial charge on any atom is 0.259 e. The monoisotopic (exact) mass is 374 g/mol. The number of nitrogens with zero attached hydrogens (tertiary/aromatic N) is 3. The normalized spacial score (nSPS) is 10.6. The van der Waals surface area contributed by atoms with Crippen LogP contribution in [0.1, 0.15) is 10.4 Å². The number of rotatable bonds is 5. The van der Waals surface area contributed by atoms with Gasteiger partial charge in [0.25, 0.3) is 5.91 Å². The van der Waals surface area contributed by atoms with Gasteiger partial charge in [0.2, 0.25) is 0 Å². The van der Waals surface area contributed by atoms with E-state index in [1.165, 1.54) is 7.11 Å². The van der Waals surface area contributed by atoms with Gasteiger partial charge in [-0.2, -0.15) is 0 Å². The lowest BCUT2D eigenvalue weighted by Gasteiger charge is -2.11. The highest BCUT2D eigenvalue weighted by molar-refractivity contribution is 6.06. The number of carbonyl (C=O) groups is 1. The molecule has 0 spiro atoms. The molecular weight excluding hydrogens is 356 g/mol. The maximum atomic E-state index is 12.7. The Hall–Kier alpha value is -3.87. The molecule has 0 saturated heterocycles. The number of amides is 1. The molecule has 0 aliphatic carbocycles. The van der Waals surface area contributed by atoms with E-state index in [0.717, 1.165) is 11.0 Å². The summed E-state index contributed by atoms with van der Waals surface area (Å²) in [4.78, 5) is 21.5. The van der Waals surface area contributed by atoms with E-state index in [4.69, 9.17) is 9.47 Å². The fourth-order valence-corrected chi connectivity index (χ4v) is 2.93. The van der Waals surface area contributed by atoms with Crippen molar-refractivity contribution in [2.24, 2.45) is 0 Å². The van der Waals surface area contributed by atoms with Crippen molar-refractivity contribution in [2.75, 3.05) is 19.5 Å². The Morgan fingerprint density at radius 3 is 2.61 bits per heavy atom. The van der Waals surface area contributed by atoms with E-state index in [2.05, 4.69) is 15.3 Å². The number of hydrogen-bond donors (Lipinski definition) is 1. The molecule has 0 saturated carbocycles. The van der Waals surface area contributed by atoms with Gasteiger partial charge in [-0.25, -0.2) is 9.97 Å². The first-order valence-electron chi connectivity index (χ1n) is 8.61. The van der Waals surface area contributed by atoms with Gasteiger partial charge in [0.1, 0.15) is 23.6 Å². The van der Waals surface area contributed by atoms with Crippen LogP contribution in [0.25, 0.3) is 16.9 Å². The van der Waals surface area contributed by atoms with Crippen molar-refractivity contribution in [3.8, 4) is 17.3 Å². The Labute approximate surface area is 161 Å². The molecule has 7 heteroatoms. The number of fused-ring (bicyclic) bond motifs is 1. The highest BCUT2D eigenvalue weighted by atomic mass is 16.5. The number of carbonyl (C=O) groups excluding carboxylic acids is 1. The van der Waals surface area contributed by atoms with Crippen molar-refractivity contribution >= 4 is 22.6 Å². The van der Waals surface area contributed by atoms with Gasteiger partial charge >= 0.3 is 0 Å². The molecule has 2 heterocycles. The van der Waals surface area contributed by atoms with Crippen LogP contribution < -0.4 is 14.8 Å². The van der Waals surface area contributed by atoms with Crippen LogP contribution in [0.4, 0.5) is 5.69 Å². The van der Waals surface area contributed by atoms with Crippen LogP contribution in [0.3, 0.4) is 0 Å². The summed E-state index contributed by atoms with van der Waals surface area (Å²) in [6, 6.07) is 16.5. The second-order valence-corrected chi connectivity index (χ2v) is 6.03. The number of hydrogen-bond acceptors (Lipinski definition) is 5. The highest BCUT2D eigenvalue weighted by Gasteiger charge is 2.14. The second-order valence-electron chi connectivity index (χ2n) is 6.03. The van der Waals surface area contributed by atoms with Gasteiger partial charge < -0.3 is 14.8 Å². The summed E-state index contributed by atoms with van der Waals surface area (Å²) in [7, 11) is 3.07. The summed E-state index contributed by atoms with van der Waals surface area (Å²) in [5, 5.41) is 2.83. The van der Waals surface area contributed by atoms with E-state index in [1.54, 1.807) is 43.9 Å². The molecule has 2 aromatic heterocycles. The molecule has 0 aliphatic heterocycles. The second kappa shape index (κ2) is 7.40. The lowest BCUT2D eigenvalue weighted by atomic mass is 10.1. The molecule has 140 valence electrons. The molecule has 0 radical (unpaired) electrons. The van der Waals surface area contributed by atoms with E-state index in [9.17, 15) is 4.79 Å². The quantitative estimate of drug-likeness (QED) is 0.576. The number of ether oxygens (including phenoxy) is 2. The number of nitrogens with one attached hydrogen (secondary N) is 1. The largest absolute Gasteiger partial charge is 0.497 e. The number of para-hydroxylation sites is 2. The van der Waals surface area contributed by atoms with E-state index >= 15 is 0 Å². The maximum absolute atomic E-state index is 12.7. The average molecular weight is 374 g/mol. The third-order valence-corrected chi connectivity index (χ3v) is 4.36. The number of methoxy groups -OCH3 is 2. The van der Waals surface area contributed by atoms with Crippen LogP contribution in [-0.2, 0) is 0 Å². The Bertz CT molecular complexity index is 1140. The van der Waals surface area contributed by atoms with E-state index < -0.39 is 0 Å². The van der Waals surface area contributed by atoms with E-state index in [1.807, 2.05) is 34.9 Å². The first-order chi connectivity index (χ1) is 13.7. The first kappa shape index (κ1) is 17.5. The van der Waals surface area contributed by atoms with Crippen molar-refractivity contribution in [2.45, 2.75) is 0 Å². The summed E-state index contributed by atoms with van der Waals surface area (Å²) >= 11 is 0. The molecular formula is C21H18N4O3. The number of benzene rings is 2. The molecule has 1 amide bonds. The van der Waals surface area contributed by atoms with Crippen LogP contribution in [0, 0.1) is 0 Å². The van der Waals surface area contributed by atoms with Crippen molar-refractivity contribution in [1.29, 1.82) is 0 Å². The van der Waals surface area contributed by atoms with E-state index in [0.29, 0.717) is 28.6 Å². The standard InChI is InChI=1S/C21H18N4O3/c1-27-15-8-9-19(28-2)16(11-15)21(26)24-14-7-10-20(22-12-14)25-13-23-17-5-3-4-6-18(17)25/h3-13H,1-2H3,(H,24,26). The lowest BCUT2D eigenvalue weighted by Crippen LogP contribution is -2.13. The number of pyridine rings is 1. The van der Waals surface area contributed by atoms with Gasteiger partial charge in [0.15, 0.2) is 0 Å². The molecule has 4 aromatic rings. The minimum Gasteiger partial charge on any atom is -0.497 e. The molecule has 0 bridgehead atoms. The van der Waals surface area contributed by atoms with Crippen molar-refractivity contribution < 1.29 is 14.3 Å². The van der Waals surface area contributed by atoms with Gasteiger partial charge in [-0.15, -0.1) is 0 Å². The third-order valence-electron chi connectivity index (χ3n) is 4.36. The van der Waals surface area contributed by atoms with Crippen molar-refractivity contribution in [1.82, 2.24) is 14.5 Å². The van der Waals surface area contributed by atoms with Crippen LogP contribution in [-0.4, -0.2) is 34.7 Å². The van der Waals surface area contributed by atoms with Crippen LogP contribution in [0.15, 0.2) is 67.1 Å². The topological polar surface area (TPSA) is 78.3 Å². The number of imidazole rings is 1. The SMILES string of the molecule is COc1ccc(OC)c(C(=O)Nc2ccc(-n3cnc4ccccc43)nc2)c1. The van der Waals surface area contributed by atoms with Crippen LogP contribution >= 0.6 is 0 Å². The van der Waals surface area contributed by atoms with Crippen molar-refractivity contribution in [3.63, 3.8) is 0 Å². The predicted octanol–water partition coefficient (Wildman–Crippen LogP) is 3.69. The predicted molar refractivity (Wildman–Crippen MR) is 106 cm³/mol. The van der Waals surface area contributed by atoms with Crippen molar-refractivity contribution in [3.05, 3.63) is 72.7 Å². The van der Waals surface area contributed by atoms with Crippen LogP contribution in [0.5, 0.6) is 11.5 Å². The number of anilines is 1. The van der Waals surface area contributed by atoms with Gasteiger partial charge in [-0.05, 0) is 42.5 Å². The highest BCUT2D eigenvalue weighted by Crippen LogP contribution is 2.25. The fourth-order valence-electron chi connectivity index (χ4n) is 2.93. The molecule has 1 N–H and O–H groups in total. The summed E-state index contributed by atoms with van der Waals surface area (Å²) in [6.07, 6.45) is 3.33. The third kappa shape index (κ3) is 3.25. The minimum absolute atomic E-state index is 0.307. The Balaban J connectivity index is 1.57. The van der Waals surface area contributed by atoms with Gasteiger partial charge in [-0.1, -0.05) is 12.1 Å². The average Bonchev–Trinajstić information content (AvgIpc) is 3.18. The summed E-state index contributed by atoms with van der Waals surface area (Å²) in [6.45, 7) is 0. The Kier molecular flexibility index (Phi) is 4.63. The molecule has 0 fully saturated rings. The summed E-state index contributed by atoms with van der Waals surface area (Å²) in [5.41, 5.74) is 2.81. The molecule has 28 heavy (non-hydrogen) atoms. The summed E-state index contributed by atoms with van der Waals surface area (Å²) < 4.78 is 12.4. The molecule has 0 aliphatic rings.